The van der Waals surface area contributed by atoms with E-state index in [2.05, 4.69) is 21.9 Å². The number of hydrogen-bond acceptors (Lipinski definition) is 5. The van der Waals surface area contributed by atoms with Crippen molar-refractivity contribution in [1.82, 2.24) is 19.4 Å². The van der Waals surface area contributed by atoms with Gasteiger partial charge in [0.1, 0.15) is 5.65 Å². The van der Waals surface area contributed by atoms with Crippen LogP contribution in [-0.4, -0.2) is 49.0 Å². The van der Waals surface area contributed by atoms with Gasteiger partial charge in [-0.05, 0) is 57.1 Å². The van der Waals surface area contributed by atoms with Crippen molar-refractivity contribution in [2.45, 2.75) is 70.9 Å². The molecule has 1 saturated heterocycles. The van der Waals surface area contributed by atoms with Crippen LogP contribution < -0.4 is 10.0 Å². The number of rotatable bonds is 6. The molecule has 1 fully saturated rings. The Hall–Kier alpha value is -1.97. The first-order valence-electron chi connectivity index (χ1n) is 10.7. The number of carbonyl (C=O) groups is 1. The molecule has 8 nitrogen and oxygen atoms in total. The average Bonchev–Trinajstić information content (AvgIpc) is 3.05. The van der Waals surface area contributed by atoms with Crippen molar-refractivity contribution in [2.75, 3.05) is 19.8 Å². The number of amides is 1. The maximum atomic E-state index is 13.1. The Morgan fingerprint density at radius 3 is 2.52 bits per heavy atom. The Labute approximate surface area is 184 Å². The van der Waals surface area contributed by atoms with Crippen LogP contribution in [0.1, 0.15) is 76.4 Å². The molecule has 2 aromatic heterocycles. The standard InChI is InChI=1S/C22H34N4O4S/c1-15(2)18-20(31(28,29)25-21(3,4)5)26-10-7-16(13-17(26)24-18)19(27)23-14-22(6)8-11-30-12-9-22/h7,10,13,15,25H,8-9,11-12,14H2,1-6H3,(H,23,27). The number of aromatic nitrogens is 2. The van der Waals surface area contributed by atoms with Crippen LogP contribution in [0.25, 0.3) is 5.65 Å². The summed E-state index contributed by atoms with van der Waals surface area (Å²) < 4.78 is 35.9. The zero-order valence-corrected chi connectivity index (χ0v) is 20.1. The molecule has 0 spiro atoms. The molecule has 0 aromatic carbocycles. The van der Waals surface area contributed by atoms with Gasteiger partial charge in [0, 0.05) is 37.1 Å². The molecule has 1 aliphatic rings. The van der Waals surface area contributed by atoms with Crippen molar-refractivity contribution in [2.24, 2.45) is 5.41 Å². The predicted octanol–water partition coefficient (Wildman–Crippen LogP) is 3.08. The summed E-state index contributed by atoms with van der Waals surface area (Å²) in [5.41, 5.74) is 0.760. The topological polar surface area (TPSA) is 102 Å². The second-order valence-corrected chi connectivity index (χ2v) is 11.7. The quantitative estimate of drug-likeness (QED) is 0.704. The number of nitrogens with one attached hydrogen (secondary N) is 2. The van der Waals surface area contributed by atoms with Gasteiger partial charge >= 0.3 is 0 Å². The van der Waals surface area contributed by atoms with Gasteiger partial charge in [0.25, 0.3) is 15.9 Å². The smallest absolute Gasteiger partial charge is 0.258 e. The number of imidazole rings is 1. The highest BCUT2D eigenvalue weighted by atomic mass is 32.2. The van der Waals surface area contributed by atoms with Gasteiger partial charge in [-0.2, -0.15) is 0 Å². The molecule has 0 unspecified atom stereocenters. The molecular weight excluding hydrogens is 416 g/mol. The van der Waals surface area contributed by atoms with Crippen LogP contribution in [0.15, 0.2) is 23.4 Å². The number of fused-ring (bicyclic) bond motifs is 1. The number of sulfonamides is 1. The molecule has 0 aliphatic carbocycles. The van der Waals surface area contributed by atoms with Crippen LogP contribution in [0.4, 0.5) is 0 Å². The van der Waals surface area contributed by atoms with Gasteiger partial charge in [0.05, 0.1) is 5.69 Å². The van der Waals surface area contributed by atoms with Crippen LogP contribution in [0.5, 0.6) is 0 Å². The minimum absolute atomic E-state index is 0.0238. The fourth-order valence-corrected chi connectivity index (χ4v) is 5.59. The molecule has 0 atom stereocenters. The van der Waals surface area contributed by atoms with Gasteiger partial charge in [-0.25, -0.2) is 18.1 Å². The van der Waals surface area contributed by atoms with Gasteiger partial charge in [-0.15, -0.1) is 0 Å². The van der Waals surface area contributed by atoms with E-state index in [4.69, 9.17) is 4.74 Å². The average molecular weight is 451 g/mol. The van der Waals surface area contributed by atoms with Gasteiger partial charge < -0.3 is 10.1 Å². The van der Waals surface area contributed by atoms with Gasteiger partial charge in [-0.3, -0.25) is 9.20 Å². The molecule has 0 bridgehead atoms. The Bertz CT molecular complexity index is 1060. The normalized spacial score (nSPS) is 17.3. The fourth-order valence-electron chi connectivity index (χ4n) is 3.71. The van der Waals surface area contributed by atoms with Crippen molar-refractivity contribution in [3.05, 3.63) is 29.6 Å². The van der Waals surface area contributed by atoms with E-state index >= 15 is 0 Å². The molecule has 3 heterocycles. The summed E-state index contributed by atoms with van der Waals surface area (Å²) in [7, 11) is -3.80. The zero-order valence-electron chi connectivity index (χ0n) is 19.3. The lowest BCUT2D eigenvalue weighted by molar-refractivity contribution is 0.0238. The Balaban J connectivity index is 1.91. The van der Waals surface area contributed by atoms with Crippen molar-refractivity contribution < 1.29 is 17.9 Å². The van der Waals surface area contributed by atoms with Crippen LogP contribution in [0.2, 0.25) is 0 Å². The van der Waals surface area contributed by atoms with E-state index in [0.29, 0.717) is 36.7 Å². The van der Waals surface area contributed by atoms with Crippen molar-refractivity contribution >= 4 is 21.6 Å². The third-order valence-electron chi connectivity index (χ3n) is 5.49. The molecule has 1 aliphatic heterocycles. The molecule has 3 rings (SSSR count). The fraction of sp³-hybridized carbons (Fsp3) is 0.636. The minimum Gasteiger partial charge on any atom is -0.381 e. The molecule has 9 heteroatoms. The van der Waals surface area contributed by atoms with E-state index in [1.54, 1.807) is 43.5 Å². The summed E-state index contributed by atoms with van der Waals surface area (Å²) in [6.45, 7) is 13.3. The summed E-state index contributed by atoms with van der Waals surface area (Å²) >= 11 is 0. The summed E-state index contributed by atoms with van der Waals surface area (Å²) in [6.07, 6.45) is 3.43. The third-order valence-corrected chi connectivity index (χ3v) is 7.28. The molecular formula is C22H34N4O4S. The number of carbonyl (C=O) groups excluding carboxylic acids is 1. The lowest BCUT2D eigenvalue weighted by Gasteiger charge is -2.33. The number of hydrogen-bond donors (Lipinski definition) is 2. The Morgan fingerprint density at radius 2 is 1.94 bits per heavy atom. The molecule has 1 amide bonds. The largest absolute Gasteiger partial charge is 0.381 e. The highest BCUT2D eigenvalue weighted by Gasteiger charge is 2.31. The van der Waals surface area contributed by atoms with Crippen molar-refractivity contribution in [3.8, 4) is 0 Å². The van der Waals surface area contributed by atoms with Crippen LogP contribution >= 0.6 is 0 Å². The van der Waals surface area contributed by atoms with E-state index in [1.807, 2.05) is 13.8 Å². The van der Waals surface area contributed by atoms with Crippen LogP contribution in [-0.2, 0) is 14.8 Å². The maximum Gasteiger partial charge on any atom is 0.258 e. The van der Waals surface area contributed by atoms with Crippen LogP contribution in [0.3, 0.4) is 0 Å². The maximum absolute atomic E-state index is 13.1. The molecule has 0 radical (unpaired) electrons. The number of ether oxygens (including phenoxy) is 1. The third kappa shape index (κ3) is 5.45. The second kappa shape index (κ2) is 8.52. The van der Waals surface area contributed by atoms with Gasteiger partial charge in [-0.1, -0.05) is 20.8 Å². The SMILES string of the molecule is CC(C)c1nc2cc(C(=O)NCC3(C)CCOCC3)ccn2c1S(=O)(=O)NC(C)(C)C. The first kappa shape index (κ1) is 23.7. The molecule has 172 valence electrons. The van der Waals surface area contributed by atoms with Crippen molar-refractivity contribution in [1.29, 1.82) is 0 Å². The van der Waals surface area contributed by atoms with Crippen molar-refractivity contribution in [3.63, 3.8) is 0 Å². The summed E-state index contributed by atoms with van der Waals surface area (Å²) in [6, 6.07) is 3.28. The summed E-state index contributed by atoms with van der Waals surface area (Å²) in [4.78, 5) is 17.3. The van der Waals surface area contributed by atoms with E-state index in [-0.39, 0.29) is 22.3 Å². The predicted molar refractivity (Wildman–Crippen MR) is 120 cm³/mol. The molecule has 2 N–H and O–H groups in total. The first-order valence-corrected chi connectivity index (χ1v) is 12.2. The molecule has 2 aromatic rings. The Kier molecular flexibility index (Phi) is 6.51. The van der Waals surface area contributed by atoms with Gasteiger partial charge in [0.15, 0.2) is 5.03 Å². The minimum atomic E-state index is -3.80. The van der Waals surface area contributed by atoms with E-state index in [9.17, 15) is 13.2 Å². The second-order valence-electron chi connectivity index (χ2n) is 10.1. The van der Waals surface area contributed by atoms with Gasteiger partial charge in [0.2, 0.25) is 0 Å². The Morgan fingerprint density at radius 1 is 1.29 bits per heavy atom. The molecule has 0 saturated carbocycles. The lowest BCUT2D eigenvalue weighted by Crippen LogP contribution is -2.41. The highest BCUT2D eigenvalue weighted by molar-refractivity contribution is 7.89. The summed E-state index contributed by atoms with van der Waals surface area (Å²) in [5, 5.41) is 3.14. The molecule has 31 heavy (non-hydrogen) atoms. The zero-order chi connectivity index (χ0) is 23.0. The van der Waals surface area contributed by atoms with Crippen LogP contribution in [0, 0.1) is 5.41 Å². The van der Waals surface area contributed by atoms with E-state index < -0.39 is 15.6 Å². The lowest BCUT2D eigenvalue weighted by atomic mass is 9.82. The first-order chi connectivity index (χ1) is 14.3. The number of pyridine rings is 1. The monoisotopic (exact) mass is 450 g/mol. The summed E-state index contributed by atoms with van der Waals surface area (Å²) in [5.74, 6) is -0.293. The van der Waals surface area contributed by atoms with E-state index in [1.165, 1.54) is 0 Å². The number of nitrogens with zero attached hydrogens (tertiary/aromatic N) is 2. The highest BCUT2D eigenvalue weighted by Crippen LogP contribution is 2.29. The van der Waals surface area contributed by atoms with E-state index in [0.717, 1.165) is 12.8 Å².